The van der Waals surface area contributed by atoms with Gasteiger partial charge in [-0.15, -0.1) is 11.3 Å². The number of hydrogen-bond acceptors (Lipinski definition) is 5. The molecule has 0 bridgehead atoms. The third kappa shape index (κ3) is 3.48. The molecule has 2 aromatic rings. The van der Waals surface area contributed by atoms with Gasteiger partial charge < -0.3 is 15.2 Å². The van der Waals surface area contributed by atoms with E-state index >= 15 is 0 Å². The number of ether oxygens (including phenoxy) is 2. The van der Waals surface area contributed by atoms with E-state index in [9.17, 15) is 4.79 Å². The van der Waals surface area contributed by atoms with Crippen LogP contribution in [0.15, 0.2) is 35.7 Å². The van der Waals surface area contributed by atoms with E-state index in [-0.39, 0.29) is 0 Å². The largest absolute Gasteiger partial charge is 0.493 e. The zero-order valence-corrected chi connectivity index (χ0v) is 11.4. The van der Waals surface area contributed by atoms with Crippen molar-refractivity contribution in [3.05, 3.63) is 46.2 Å². The van der Waals surface area contributed by atoms with Crippen LogP contribution in [0.1, 0.15) is 15.2 Å². The molecule has 1 aromatic carbocycles. The molecule has 0 aliphatic rings. The van der Waals surface area contributed by atoms with Crippen molar-refractivity contribution in [1.29, 1.82) is 0 Å². The van der Waals surface area contributed by atoms with E-state index in [2.05, 4.69) is 10.8 Å². The van der Waals surface area contributed by atoms with E-state index in [0.29, 0.717) is 23.6 Å². The fraction of sp³-hybridized carbons (Fsp3) is 0.214. The molecule has 1 heterocycles. The Morgan fingerprint density at radius 2 is 2.21 bits per heavy atom. The molecule has 4 nitrogen and oxygen atoms in total. The second-order valence-corrected chi connectivity index (χ2v) is 4.95. The zero-order chi connectivity index (χ0) is 13.7. The van der Waals surface area contributed by atoms with Crippen LogP contribution < -0.4 is 10.5 Å². The number of hydrogen-bond donors (Lipinski definition) is 1. The average molecular weight is 277 g/mol. The molecule has 0 saturated carbocycles. The summed E-state index contributed by atoms with van der Waals surface area (Å²) in [4.78, 5) is 12.8. The Kier molecular flexibility index (Phi) is 4.41. The smallest absolute Gasteiger partial charge is 0.340 e. The lowest BCUT2D eigenvalue weighted by Gasteiger charge is -2.08. The van der Waals surface area contributed by atoms with Crippen LogP contribution in [0.5, 0.6) is 5.75 Å². The normalized spacial score (nSPS) is 10.2. The lowest BCUT2D eigenvalue weighted by Crippen LogP contribution is -2.07. The summed E-state index contributed by atoms with van der Waals surface area (Å²) in [6.45, 7) is 0.561. The monoisotopic (exact) mass is 277 g/mol. The number of methoxy groups -OCH3 is 1. The van der Waals surface area contributed by atoms with Gasteiger partial charge in [-0.1, -0.05) is 6.07 Å². The summed E-state index contributed by atoms with van der Waals surface area (Å²) >= 11 is 1.70. The molecule has 0 unspecified atom stereocenters. The maximum Gasteiger partial charge on any atom is 0.340 e. The number of esters is 1. The van der Waals surface area contributed by atoms with Gasteiger partial charge in [0.1, 0.15) is 5.75 Å². The highest BCUT2D eigenvalue weighted by molar-refractivity contribution is 7.09. The molecule has 5 heteroatoms. The van der Waals surface area contributed by atoms with Gasteiger partial charge in [-0.3, -0.25) is 0 Å². The van der Waals surface area contributed by atoms with Crippen LogP contribution in [0, 0.1) is 0 Å². The average Bonchev–Trinajstić information content (AvgIpc) is 2.93. The first-order chi connectivity index (χ1) is 9.20. The number of thiophene rings is 1. The van der Waals surface area contributed by atoms with Crippen molar-refractivity contribution in [3.63, 3.8) is 0 Å². The first-order valence-corrected chi connectivity index (χ1v) is 6.71. The Labute approximate surface area is 115 Å². The summed E-state index contributed by atoms with van der Waals surface area (Å²) in [7, 11) is 1.33. The third-order valence-corrected chi connectivity index (χ3v) is 3.56. The highest BCUT2D eigenvalue weighted by atomic mass is 32.1. The minimum Gasteiger partial charge on any atom is -0.493 e. The second kappa shape index (κ2) is 6.24. The number of nitrogen functional groups attached to an aromatic ring is 1. The van der Waals surface area contributed by atoms with E-state index < -0.39 is 5.97 Å². The van der Waals surface area contributed by atoms with Crippen LogP contribution in [0.2, 0.25) is 0 Å². The fourth-order valence-corrected chi connectivity index (χ4v) is 2.33. The van der Waals surface area contributed by atoms with Gasteiger partial charge in [0.05, 0.1) is 19.3 Å². The highest BCUT2D eigenvalue weighted by Crippen LogP contribution is 2.21. The summed E-state index contributed by atoms with van der Waals surface area (Å²) in [5, 5.41) is 2.04. The van der Waals surface area contributed by atoms with Crippen LogP contribution in [-0.4, -0.2) is 19.7 Å². The van der Waals surface area contributed by atoms with Crippen molar-refractivity contribution < 1.29 is 14.3 Å². The van der Waals surface area contributed by atoms with E-state index in [1.807, 2.05) is 11.4 Å². The third-order valence-electron chi connectivity index (χ3n) is 2.63. The molecule has 0 spiro atoms. The van der Waals surface area contributed by atoms with Gasteiger partial charge >= 0.3 is 5.97 Å². The lowest BCUT2D eigenvalue weighted by molar-refractivity contribution is 0.0601. The molecule has 2 N–H and O–H groups in total. The molecule has 0 amide bonds. The topological polar surface area (TPSA) is 61.5 Å². The predicted octanol–water partition coefficient (Wildman–Crippen LogP) is 2.74. The quantitative estimate of drug-likeness (QED) is 0.674. The minimum atomic E-state index is -0.457. The van der Waals surface area contributed by atoms with E-state index in [1.54, 1.807) is 29.5 Å². The maximum absolute atomic E-state index is 11.5. The summed E-state index contributed by atoms with van der Waals surface area (Å²) < 4.78 is 10.3. The standard InChI is InChI=1S/C14H15NO3S/c1-17-14(16)12-9-10(4-5-13(12)15)18-7-6-11-3-2-8-19-11/h2-5,8-9H,6-7,15H2,1H3. The molecular formula is C14H15NO3S. The molecule has 2 rings (SSSR count). The van der Waals surface area contributed by atoms with Crippen LogP contribution >= 0.6 is 11.3 Å². The number of benzene rings is 1. The van der Waals surface area contributed by atoms with Gasteiger partial charge in [0.15, 0.2) is 0 Å². The molecular weight excluding hydrogens is 262 g/mol. The predicted molar refractivity (Wildman–Crippen MR) is 75.7 cm³/mol. The summed E-state index contributed by atoms with van der Waals surface area (Å²) in [5.74, 6) is 0.160. The Bertz CT molecular complexity index is 552. The van der Waals surface area contributed by atoms with Gasteiger partial charge in [-0.2, -0.15) is 0 Å². The van der Waals surface area contributed by atoms with Crippen LogP contribution in [-0.2, 0) is 11.2 Å². The number of anilines is 1. The van der Waals surface area contributed by atoms with E-state index in [0.717, 1.165) is 6.42 Å². The van der Waals surface area contributed by atoms with Crippen molar-refractivity contribution in [2.75, 3.05) is 19.5 Å². The summed E-state index contributed by atoms with van der Waals surface area (Å²) in [5.41, 5.74) is 6.43. The van der Waals surface area contributed by atoms with Gasteiger partial charge in [-0.25, -0.2) is 4.79 Å². The summed E-state index contributed by atoms with van der Waals surface area (Å²) in [6, 6.07) is 9.08. The molecule has 0 radical (unpaired) electrons. The van der Waals surface area contributed by atoms with Gasteiger partial charge in [-0.05, 0) is 29.6 Å². The van der Waals surface area contributed by atoms with E-state index in [1.165, 1.54) is 12.0 Å². The molecule has 0 saturated heterocycles. The van der Waals surface area contributed by atoms with Crippen molar-refractivity contribution in [3.8, 4) is 5.75 Å². The fourth-order valence-electron chi connectivity index (χ4n) is 1.64. The Morgan fingerprint density at radius 3 is 2.89 bits per heavy atom. The molecule has 19 heavy (non-hydrogen) atoms. The van der Waals surface area contributed by atoms with Gasteiger partial charge in [0, 0.05) is 17.0 Å². The lowest BCUT2D eigenvalue weighted by atomic mass is 10.2. The molecule has 1 aromatic heterocycles. The Morgan fingerprint density at radius 1 is 1.37 bits per heavy atom. The SMILES string of the molecule is COC(=O)c1cc(OCCc2cccs2)ccc1N. The second-order valence-electron chi connectivity index (χ2n) is 3.92. The molecule has 0 fully saturated rings. The molecule has 0 atom stereocenters. The Balaban J connectivity index is 1.99. The first-order valence-electron chi connectivity index (χ1n) is 5.83. The first kappa shape index (κ1) is 13.4. The maximum atomic E-state index is 11.5. The number of rotatable bonds is 5. The van der Waals surface area contributed by atoms with Crippen molar-refractivity contribution in [2.45, 2.75) is 6.42 Å². The summed E-state index contributed by atoms with van der Waals surface area (Å²) in [6.07, 6.45) is 0.843. The molecule has 100 valence electrons. The molecule has 0 aliphatic heterocycles. The number of carbonyl (C=O) groups is 1. The van der Waals surface area contributed by atoms with Crippen LogP contribution in [0.3, 0.4) is 0 Å². The van der Waals surface area contributed by atoms with E-state index in [4.69, 9.17) is 10.5 Å². The zero-order valence-electron chi connectivity index (χ0n) is 10.6. The van der Waals surface area contributed by atoms with Crippen molar-refractivity contribution in [2.24, 2.45) is 0 Å². The highest BCUT2D eigenvalue weighted by Gasteiger charge is 2.11. The minimum absolute atomic E-state index is 0.330. The van der Waals surface area contributed by atoms with Crippen molar-refractivity contribution in [1.82, 2.24) is 0 Å². The van der Waals surface area contributed by atoms with Gasteiger partial charge in [0.25, 0.3) is 0 Å². The number of nitrogens with two attached hydrogens (primary N) is 1. The van der Waals surface area contributed by atoms with Crippen LogP contribution in [0.25, 0.3) is 0 Å². The Hall–Kier alpha value is -2.01. The van der Waals surface area contributed by atoms with Crippen LogP contribution in [0.4, 0.5) is 5.69 Å². The number of carbonyl (C=O) groups excluding carboxylic acids is 1. The molecule has 0 aliphatic carbocycles. The van der Waals surface area contributed by atoms with Gasteiger partial charge in [0.2, 0.25) is 0 Å². The van der Waals surface area contributed by atoms with Crippen molar-refractivity contribution >= 4 is 23.0 Å².